The SMILES string of the molecule is O=C(c1c[nH]c2ccccc12)[C@@H](O)[C@H](c1ccccc1)N1CCN(c2ccccc2)CC1. The lowest BCUT2D eigenvalue weighted by atomic mass is 9.93. The number of hydrogen-bond acceptors (Lipinski definition) is 4. The van der Waals surface area contributed by atoms with Gasteiger partial charge in [0.15, 0.2) is 5.78 Å². The summed E-state index contributed by atoms with van der Waals surface area (Å²) in [6.07, 6.45) is 0.561. The minimum Gasteiger partial charge on any atom is -0.383 e. The number of fused-ring (bicyclic) bond motifs is 1. The Kier molecular flexibility index (Phi) is 5.75. The van der Waals surface area contributed by atoms with Crippen LogP contribution in [0.5, 0.6) is 0 Å². The number of ketones is 1. The lowest BCUT2D eigenvalue weighted by molar-refractivity contribution is 0.0366. The number of H-pyrrole nitrogens is 1. The quantitative estimate of drug-likeness (QED) is 0.453. The molecule has 5 heteroatoms. The Labute approximate surface area is 187 Å². The molecule has 0 bridgehead atoms. The number of anilines is 1. The van der Waals surface area contributed by atoms with Gasteiger partial charge in [-0.05, 0) is 23.8 Å². The average molecular weight is 426 g/mol. The van der Waals surface area contributed by atoms with Gasteiger partial charge in [-0.2, -0.15) is 0 Å². The molecule has 0 aliphatic carbocycles. The average Bonchev–Trinajstić information content (AvgIpc) is 3.29. The summed E-state index contributed by atoms with van der Waals surface area (Å²) in [5.41, 5.74) is 3.60. The second-order valence-electron chi connectivity index (χ2n) is 8.27. The first-order chi connectivity index (χ1) is 15.7. The minimum atomic E-state index is -1.15. The molecule has 2 heterocycles. The number of Topliss-reactive ketones (excluding diaryl/α,β-unsaturated/α-hetero) is 1. The first-order valence-electron chi connectivity index (χ1n) is 11.1. The van der Waals surface area contributed by atoms with Crippen LogP contribution in [0.2, 0.25) is 0 Å². The van der Waals surface area contributed by atoms with Crippen molar-refractivity contribution in [1.82, 2.24) is 9.88 Å². The van der Waals surface area contributed by atoms with E-state index in [-0.39, 0.29) is 5.78 Å². The fourth-order valence-electron chi connectivity index (χ4n) is 4.72. The second kappa shape index (κ2) is 8.99. The zero-order valence-corrected chi connectivity index (χ0v) is 17.9. The molecular weight excluding hydrogens is 398 g/mol. The number of aliphatic hydroxyl groups is 1. The van der Waals surface area contributed by atoms with E-state index in [4.69, 9.17) is 0 Å². The van der Waals surface area contributed by atoms with E-state index in [9.17, 15) is 9.90 Å². The van der Waals surface area contributed by atoms with Gasteiger partial charge >= 0.3 is 0 Å². The summed E-state index contributed by atoms with van der Waals surface area (Å²) in [5, 5.41) is 12.2. The third-order valence-corrected chi connectivity index (χ3v) is 6.39. The van der Waals surface area contributed by atoms with Crippen molar-refractivity contribution in [2.75, 3.05) is 31.1 Å². The molecule has 1 aliphatic heterocycles. The van der Waals surface area contributed by atoms with E-state index in [0.29, 0.717) is 5.56 Å². The highest BCUT2D eigenvalue weighted by Gasteiger charge is 2.35. The summed E-state index contributed by atoms with van der Waals surface area (Å²) in [5.74, 6) is -0.248. The van der Waals surface area contributed by atoms with E-state index in [2.05, 4.69) is 39.0 Å². The van der Waals surface area contributed by atoms with Crippen molar-refractivity contribution in [3.05, 3.63) is 102 Å². The normalized spacial score (nSPS) is 16.7. The standard InChI is InChI=1S/C27H27N3O2/c31-26(23-19-28-24-14-8-7-13-22(23)24)27(32)25(20-9-3-1-4-10-20)30-17-15-29(16-18-30)21-11-5-2-6-12-21/h1-14,19,25,27-28,32H,15-18H2/t25-,27-/m0/s1. The number of carbonyl (C=O) groups is 1. The number of aliphatic hydroxyl groups excluding tert-OH is 1. The fraction of sp³-hybridized carbons (Fsp3) is 0.222. The lowest BCUT2D eigenvalue weighted by Crippen LogP contribution is -2.51. The molecule has 0 spiro atoms. The van der Waals surface area contributed by atoms with E-state index in [1.54, 1.807) is 6.20 Å². The Morgan fingerprint density at radius 1 is 0.812 bits per heavy atom. The Bertz CT molecular complexity index is 1180. The zero-order valence-electron chi connectivity index (χ0n) is 17.9. The van der Waals surface area contributed by atoms with Gasteiger partial charge in [-0.3, -0.25) is 9.69 Å². The van der Waals surface area contributed by atoms with Crippen LogP contribution in [-0.4, -0.2) is 53.1 Å². The molecule has 2 N–H and O–H groups in total. The molecule has 1 saturated heterocycles. The van der Waals surface area contributed by atoms with Crippen LogP contribution in [-0.2, 0) is 0 Å². The molecule has 2 atom stereocenters. The van der Waals surface area contributed by atoms with Crippen LogP contribution in [0.1, 0.15) is 22.0 Å². The Balaban J connectivity index is 1.41. The van der Waals surface area contributed by atoms with Gasteiger partial charge in [-0.25, -0.2) is 0 Å². The largest absolute Gasteiger partial charge is 0.383 e. The van der Waals surface area contributed by atoms with E-state index < -0.39 is 12.1 Å². The van der Waals surface area contributed by atoms with Crippen LogP contribution in [0, 0.1) is 0 Å². The predicted octanol–water partition coefficient (Wildman–Crippen LogP) is 4.28. The van der Waals surface area contributed by atoms with Crippen molar-refractivity contribution in [3.63, 3.8) is 0 Å². The summed E-state index contributed by atoms with van der Waals surface area (Å²) in [4.78, 5) is 21.2. The molecule has 5 rings (SSSR count). The van der Waals surface area contributed by atoms with Crippen LogP contribution in [0.25, 0.3) is 10.9 Å². The summed E-state index contributed by atoms with van der Waals surface area (Å²) < 4.78 is 0. The molecule has 1 aromatic heterocycles. The van der Waals surface area contributed by atoms with Gasteiger partial charge in [0.1, 0.15) is 6.10 Å². The maximum absolute atomic E-state index is 13.5. The van der Waals surface area contributed by atoms with E-state index >= 15 is 0 Å². The number of aromatic nitrogens is 1. The number of carbonyl (C=O) groups excluding carboxylic acids is 1. The molecule has 0 amide bonds. The maximum atomic E-state index is 13.5. The Morgan fingerprint density at radius 3 is 2.16 bits per heavy atom. The molecule has 0 unspecified atom stereocenters. The van der Waals surface area contributed by atoms with Crippen LogP contribution in [0.3, 0.4) is 0 Å². The van der Waals surface area contributed by atoms with E-state index in [1.165, 1.54) is 5.69 Å². The van der Waals surface area contributed by atoms with Crippen molar-refractivity contribution < 1.29 is 9.90 Å². The number of para-hydroxylation sites is 2. The number of piperazine rings is 1. The van der Waals surface area contributed by atoms with Crippen molar-refractivity contribution in [3.8, 4) is 0 Å². The molecule has 162 valence electrons. The van der Waals surface area contributed by atoms with Gasteiger partial charge in [-0.15, -0.1) is 0 Å². The van der Waals surface area contributed by atoms with Gasteiger partial charge < -0.3 is 15.0 Å². The number of hydrogen-bond donors (Lipinski definition) is 2. The Morgan fingerprint density at radius 2 is 1.44 bits per heavy atom. The number of nitrogens with one attached hydrogen (secondary N) is 1. The van der Waals surface area contributed by atoms with Crippen molar-refractivity contribution in [2.24, 2.45) is 0 Å². The summed E-state index contributed by atoms with van der Waals surface area (Å²) in [7, 11) is 0. The second-order valence-corrected chi connectivity index (χ2v) is 8.27. The van der Waals surface area contributed by atoms with Crippen molar-refractivity contribution in [1.29, 1.82) is 0 Å². The highest BCUT2D eigenvalue weighted by molar-refractivity contribution is 6.10. The molecule has 1 aliphatic rings. The van der Waals surface area contributed by atoms with Crippen LogP contribution < -0.4 is 4.90 Å². The zero-order chi connectivity index (χ0) is 21.9. The monoisotopic (exact) mass is 425 g/mol. The van der Waals surface area contributed by atoms with Gasteiger partial charge in [-0.1, -0.05) is 66.7 Å². The molecular formula is C27H27N3O2. The number of nitrogens with zero attached hydrogens (tertiary/aromatic N) is 2. The van der Waals surface area contributed by atoms with Crippen molar-refractivity contribution >= 4 is 22.4 Å². The third kappa shape index (κ3) is 3.93. The molecule has 3 aromatic carbocycles. The van der Waals surface area contributed by atoms with Crippen molar-refractivity contribution in [2.45, 2.75) is 12.1 Å². The smallest absolute Gasteiger partial charge is 0.195 e. The summed E-state index contributed by atoms with van der Waals surface area (Å²) in [6, 6.07) is 27.6. The van der Waals surface area contributed by atoms with Crippen LogP contribution in [0.4, 0.5) is 5.69 Å². The first-order valence-corrected chi connectivity index (χ1v) is 11.1. The molecule has 0 saturated carbocycles. The Hall–Kier alpha value is -3.41. The maximum Gasteiger partial charge on any atom is 0.195 e. The number of benzene rings is 3. The lowest BCUT2D eigenvalue weighted by Gasteiger charge is -2.41. The van der Waals surface area contributed by atoms with Gasteiger partial charge in [0.2, 0.25) is 0 Å². The van der Waals surface area contributed by atoms with Gasteiger partial charge in [0, 0.05) is 54.5 Å². The molecule has 1 fully saturated rings. The van der Waals surface area contributed by atoms with Gasteiger partial charge in [0.25, 0.3) is 0 Å². The molecule has 4 aromatic rings. The van der Waals surface area contributed by atoms with E-state index in [1.807, 2.05) is 60.7 Å². The predicted molar refractivity (Wildman–Crippen MR) is 128 cm³/mol. The minimum absolute atomic E-state index is 0.248. The third-order valence-electron chi connectivity index (χ3n) is 6.39. The molecule has 0 radical (unpaired) electrons. The highest BCUT2D eigenvalue weighted by atomic mass is 16.3. The van der Waals surface area contributed by atoms with E-state index in [0.717, 1.165) is 42.6 Å². The topological polar surface area (TPSA) is 59.6 Å². The molecule has 5 nitrogen and oxygen atoms in total. The number of rotatable bonds is 6. The first kappa shape index (κ1) is 20.5. The van der Waals surface area contributed by atoms with Gasteiger partial charge in [0.05, 0.1) is 6.04 Å². The highest BCUT2D eigenvalue weighted by Crippen LogP contribution is 2.30. The summed E-state index contributed by atoms with van der Waals surface area (Å²) >= 11 is 0. The summed E-state index contributed by atoms with van der Waals surface area (Å²) in [6.45, 7) is 3.24. The van der Waals surface area contributed by atoms with Crippen LogP contribution >= 0.6 is 0 Å². The number of aromatic amines is 1. The molecule has 32 heavy (non-hydrogen) atoms. The van der Waals surface area contributed by atoms with Crippen LogP contribution in [0.15, 0.2) is 91.1 Å². The fourth-order valence-corrected chi connectivity index (χ4v) is 4.72.